The molecule has 0 bridgehead atoms. The molecule has 2 aromatic heterocycles. The first-order valence-corrected chi connectivity index (χ1v) is 10.7. The Labute approximate surface area is 185 Å². The number of anilines is 2. The molecule has 1 unspecified atom stereocenters. The van der Waals surface area contributed by atoms with Crippen LogP contribution in [0.3, 0.4) is 0 Å². The van der Waals surface area contributed by atoms with Gasteiger partial charge in [-0.05, 0) is 32.0 Å². The third kappa shape index (κ3) is 4.51. The van der Waals surface area contributed by atoms with Crippen molar-refractivity contribution in [2.45, 2.75) is 24.3 Å². The van der Waals surface area contributed by atoms with Crippen LogP contribution in [0.25, 0.3) is 17.1 Å². The summed E-state index contributed by atoms with van der Waals surface area (Å²) in [7, 11) is 3.74. The molecular weight excluding hydrogens is 408 g/mol. The Balaban J connectivity index is 1.76. The summed E-state index contributed by atoms with van der Waals surface area (Å²) in [4.78, 5) is 14.9. The van der Waals surface area contributed by atoms with Crippen LogP contribution >= 0.6 is 11.8 Å². The maximum Gasteiger partial charge on any atom is 0.229 e. The van der Waals surface area contributed by atoms with Crippen LogP contribution in [-0.4, -0.2) is 43.8 Å². The van der Waals surface area contributed by atoms with E-state index in [4.69, 9.17) is 5.73 Å². The Kier molecular flexibility index (Phi) is 5.85. The smallest absolute Gasteiger partial charge is 0.229 e. The van der Waals surface area contributed by atoms with E-state index < -0.39 is 0 Å². The van der Waals surface area contributed by atoms with Crippen molar-refractivity contribution < 1.29 is 0 Å². The van der Waals surface area contributed by atoms with E-state index in [0.29, 0.717) is 11.8 Å². The Hall–Kier alpha value is -3.46. The molecular formula is C22H24N8S. The van der Waals surface area contributed by atoms with E-state index in [-0.39, 0.29) is 11.2 Å². The average Bonchev–Trinajstić information content (AvgIpc) is 3.17. The van der Waals surface area contributed by atoms with E-state index in [1.807, 2.05) is 63.5 Å². The van der Waals surface area contributed by atoms with Gasteiger partial charge in [0.15, 0.2) is 11.0 Å². The minimum atomic E-state index is -0.110. The van der Waals surface area contributed by atoms with E-state index in [2.05, 4.69) is 48.8 Å². The monoisotopic (exact) mass is 432 g/mol. The molecule has 2 N–H and O–H groups in total. The van der Waals surface area contributed by atoms with E-state index in [1.54, 1.807) is 4.90 Å². The number of benzene rings is 2. The molecule has 0 radical (unpaired) electrons. The van der Waals surface area contributed by atoms with E-state index in [1.165, 1.54) is 17.3 Å². The second kappa shape index (κ2) is 8.73. The second-order valence-corrected chi connectivity index (χ2v) is 8.66. The van der Waals surface area contributed by atoms with Crippen molar-refractivity contribution in [1.82, 2.24) is 29.7 Å². The number of hydrogen-bond acceptors (Lipinski definition) is 8. The maximum absolute atomic E-state index is 5.91. The van der Waals surface area contributed by atoms with Gasteiger partial charge in [-0.25, -0.2) is 0 Å². The molecule has 0 aliphatic carbocycles. The summed E-state index contributed by atoms with van der Waals surface area (Å²) in [5.41, 5.74) is 9.08. The fraction of sp³-hybridized carbons (Fsp3) is 0.227. The molecule has 0 saturated heterocycles. The quantitative estimate of drug-likeness (QED) is 0.458. The van der Waals surface area contributed by atoms with Gasteiger partial charge in [-0.15, -0.1) is 10.2 Å². The number of thioether (sulfide) groups is 1. The molecule has 8 nitrogen and oxygen atoms in total. The summed E-state index contributed by atoms with van der Waals surface area (Å²) in [6.07, 6.45) is 0. The molecule has 0 saturated carbocycles. The molecule has 0 aliphatic heterocycles. The van der Waals surface area contributed by atoms with Gasteiger partial charge in [-0.3, -0.25) is 4.57 Å². The Morgan fingerprint density at radius 1 is 0.968 bits per heavy atom. The van der Waals surface area contributed by atoms with Gasteiger partial charge in [-0.2, -0.15) is 15.0 Å². The van der Waals surface area contributed by atoms with Crippen LogP contribution in [0, 0.1) is 6.92 Å². The summed E-state index contributed by atoms with van der Waals surface area (Å²) in [6, 6.07) is 18.3. The van der Waals surface area contributed by atoms with Crippen LogP contribution in [0.4, 0.5) is 11.9 Å². The summed E-state index contributed by atoms with van der Waals surface area (Å²) < 4.78 is 2.06. The van der Waals surface area contributed by atoms with Gasteiger partial charge >= 0.3 is 0 Å². The van der Waals surface area contributed by atoms with Crippen LogP contribution in [-0.2, 0) is 0 Å². The normalized spacial score (nSPS) is 12.0. The number of para-hydroxylation sites is 1. The number of aromatic nitrogens is 6. The van der Waals surface area contributed by atoms with Crippen molar-refractivity contribution in [2.24, 2.45) is 0 Å². The van der Waals surface area contributed by atoms with Gasteiger partial charge in [0.2, 0.25) is 11.9 Å². The standard InChI is InChI=1S/C22H24N8S/c1-14-9-8-10-16(13-14)19-27-28-22(30(19)17-11-6-5-7-12-17)31-15(2)18-24-20(23)26-21(25-18)29(3)4/h5-13,15H,1-4H3,(H2,23,24,25,26). The second-order valence-electron chi connectivity index (χ2n) is 7.35. The number of nitrogens with two attached hydrogens (primary N) is 1. The van der Waals surface area contributed by atoms with Gasteiger partial charge in [0.25, 0.3) is 0 Å². The van der Waals surface area contributed by atoms with Crippen molar-refractivity contribution >= 4 is 23.7 Å². The summed E-state index contributed by atoms with van der Waals surface area (Å²) >= 11 is 1.53. The lowest BCUT2D eigenvalue weighted by Crippen LogP contribution is -2.16. The maximum atomic E-state index is 5.91. The first-order valence-electron chi connectivity index (χ1n) is 9.85. The fourth-order valence-electron chi connectivity index (χ4n) is 3.12. The lowest BCUT2D eigenvalue weighted by molar-refractivity contribution is 0.843. The lowest BCUT2D eigenvalue weighted by atomic mass is 10.1. The zero-order valence-corrected chi connectivity index (χ0v) is 18.7. The van der Waals surface area contributed by atoms with Crippen LogP contribution < -0.4 is 10.6 Å². The molecule has 4 aromatic rings. The molecule has 0 fully saturated rings. The minimum absolute atomic E-state index is 0.110. The van der Waals surface area contributed by atoms with E-state index in [0.717, 1.165) is 22.2 Å². The third-order valence-electron chi connectivity index (χ3n) is 4.63. The molecule has 4 rings (SSSR count). The first-order chi connectivity index (χ1) is 14.9. The Morgan fingerprint density at radius 3 is 2.45 bits per heavy atom. The summed E-state index contributed by atoms with van der Waals surface area (Å²) in [6.45, 7) is 4.09. The molecule has 0 spiro atoms. The van der Waals surface area contributed by atoms with Crippen LogP contribution in [0.5, 0.6) is 0 Å². The van der Waals surface area contributed by atoms with Crippen LogP contribution in [0.1, 0.15) is 23.6 Å². The Bertz CT molecular complexity index is 1190. The molecule has 158 valence electrons. The van der Waals surface area contributed by atoms with Gasteiger partial charge in [0.1, 0.15) is 5.82 Å². The fourth-order valence-corrected chi connectivity index (χ4v) is 4.03. The van der Waals surface area contributed by atoms with E-state index >= 15 is 0 Å². The van der Waals surface area contributed by atoms with Crippen molar-refractivity contribution in [1.29, 1.82) is 0 Å². The number of hydrogen-bond donors (Lipinski definition) is 1. The molecule has 1 atom stereocenters. The van der Waals surface area contributed by atoms with Gasteiger partial charge in [0.05, 0.1) is 5.25 Å². The van der Waals surface area contributed by atoms with Crippen molar-refractivity contribution in [3.63, 3.8) is 0 Å². The molecule has 0 amide bonds. The largest absolute Gasteiger partial charge is 0.368 e. The Morgan fingerprint density at radius 2 is 1.74 bits per heavy atom. The SMILES string of the molecule is Cc1cccc(-c2nnc(SC(C)c3nc(N)nc(N(C)C)n3)n2-c2ccccc2)c1. The van der Waals surface area contributed by atoms with Gasteiger partial charge < -0.3 is 10.6 Å². The summed E-state index contributed by atoms with van der Waals surface area (Å²) in [5.74, 6) is 2.11. The highest BCUT2D eigenvalue weighted by Gasteiger charge is 2.21. The predicted octanol–water partition coefficient (Wildman–Crippen LogP) is 3.93. The van der Waals surface area contributed by atoms with E-state index in [9.17, 15) is 0 Å². The number of nitrogens with zero attached hydrogens (tertiary/aromatic N) is 7. The van der Waals surface area contributed by atoms with Crippen LogP contribution in [0.2, 0.25) is 0 Å². The topological polar surface area (TPSA) is 98.6 Å². The van der Waals surface area contributed by atoms with Crippen molar-refractivity contribution in [3.05, 3.63) is 66.0 Å². The minimum Gasteiger partial charge on any atom is -0.368 e. The first kappa shape index (κ1) is 20.8. The number of aryl methyl sites for hydroxylation is 1. The molecule has 2 aromatic carbocycles. The lowest BCUT2D eigenvalue weighted by Gasteiger charge is -2.15. The zero-order chi connectivity index (χ0) is 22.0. The molecule has 31 heavy (non-hydrogen) atoms. The zero-order valence-electron chi connectivity index (χ0n) is 17.9. The summed E-state index contributed by atoms with van der Waals surface area (Å²) in [5, 5.41) is 9.67. The number of rotatable bonds is 6. The van der Waals surface area contributed by atoms with Gasteiger partial charge in [0, 0.05) is 25.3 Å². The van der Waals surface area contributed by atoms with Crippen molar-refractivity contribution in [3.8, 4) is 17.1 Å². The molecule has 0 aliphatic rings. The number of nitrogen functional groups attached to an aromatic ring is 1. The predicted molar refractivity (Wildman–Crippen MR) is 124 cm³/mol. The van der Waals surface area contributed by atoms with Gasteiger partial charge in [-0.1, -0.05) is 53.7 Å². The third-order valence-corrected chi connectivity index (χ3v) is 5.67. The molecule has 9 heteroatoms. The molecule has 2 heterocycles. The highest BCUT2D eigenvalue weighted by molar-refractivity contribution is 7.99. The highest BCUT2D eigenvalue weighted by atomic mass is 32.2. The van der Waals surface area contributed by atoms with Crippen molar-refractivity contribution in [2.75, 3.05) is 24.7 Å². The van der Waals surface area contributed by atoms with Crippen LogP contribution in [0.15, 0.2) is 59.8 Å². The highest BCUT2D eigenvalue weighted by Crippen LogP contribution is 2.36. The average molecular weight is 433 g/mol.